The summed E-state index contributed by atoms with van der Waals surface area (Å²) in [5, 5.41) is 9.64. The number of aromatic nitrogens is 6. The molecule has 0 atom stereocenters. The molecule has 1 aliphatic heterocycles. The van der Waals surface area contributed by atoms with E-state index < -0.39 is 0 Å². The van der Waals surface area contributed by atoms with Crippen LogP contribution in [0.3, 0.4) is 0 Å². The van der Waals surface area contributed by atoms with Crippen LogP contribution in [0.2, 0.25) is 0 Å². The van der Waals surface area contributed by atoms with Gasteiger partial charge in [0.25, 0.3) is 0 Å². The topological polar surface area (TPSA) is 99.5 Å². The average Bonchev–Trinajstić information content (AvgIpc) is 3.68. The summed E-state index contributed by atoms with van der Waals surface area (Å²) < 4.78 is 5.30. The number of hydrogen-bond donors (Lipinski definition) is 2. The number of pyridine rings is 3. The zero-order valence-electron chi connectivity index (χ0n) is 19.7. The molecule has 0 saturated carbocycles. The highest BCUT2D eigenvalue weighted by molar-refractivity contribution is 5.99. The van der Waals surface area contributed by atoms with Crippen LogP contribution < -0.4 is 0 Å². The maximum Gasteiger partial charge on any atom is 0.155 e. The second kappa shape index (κ2) is 8.73. The molecule has 8 heteroatoms. The molecule has 0 unspecified atom stereocenters. The molecule has 6 aromatic rings. The van der Waals surface area contributed by atoms with Crippen molar-refractivity contribution >= 4 is 22.1 Å². The van der Waals surface area contributed by atoms with Gasteiger partial charge in [0.15, 0.2) is 5.65 Å². The average molecular weight is 476 g/mol. The second-order valence-corrected chi connectivity index (χ2v) is 9.43. The molecule has 0 spiro atoms. The van der Waals surface area contributed by atoms with Gasteiger partial charge in [-0.1, -0.05) is 6.42 Å². The van der Waals surface area contributed by atoms with Crippen LogP contribution in [0, 0.1) is 0 Å². The molecule has 1 fully saturated rings. The predicted octanol–water partition coefficient (Wildman–Crippen LogP) is 5.81. The number of H-pyrrole nitrogens is 2. The zero-order valence-corrected chi connectivity index (χ0v) is 19.7. The van der Waals surface area contributed by atoms with E-state index in [9.17, 15) is 0 Å². The fraction of sp³-hybridized carbons (Fsp3) is 0.214. The molecule has 1 aliphatic rings. The maximum atomic E-state index is 5.30. The van der Waals surface area contributed by atoms with Crippen LogP contribution in [0.4, 0.5) is 0 Å². The normalized spacial score (nSPS) is 14.7. The Morgan fingerprint density at radius 1 is 0.861 bits per heavy atom. The Morgan fingerprint density at radius 3 is 2.67 bits per heavy atom. The summed E-state index contributed by atoms with van der Waals surface area (Å²) >= 11 is 0. The molecule has 8 nitrogen and oxygen atoms in total. The molecular formula is C28H25N7O. The lowest BCUT2D eigenvalue weighted by Crippen LogP contribution is -2.29. The largest absolute Gasteiger partial charge is 0.472 e. The molecule has 36 heavy (non-hydrogen) atoms. The Bertz CT molecular complexity index is 1660. The van der Waals surface area contributed by atoms with Gasteiger partial charge >= 0.3 is 0 Å². The molecule has 0 radical (unpaired) electrons. The van der Waals surface area contributed by atoms with E-state index in [1.165, 1.54) is 24.8 Å². The Hall–Kier alpha value is -4.30. The number of likely N-dealkylation sites (tertiary alicyclic amines) is 1. The Kier molecular flexibility index (Phi) is 5.10. The summed E-state index contributed by atoms with van der Waals surface area (Å²) in [5.41, 5.74) is 8.63. The summed E-state index contributed by atoms with van der Waals surface area (Å²) in [6.07, 6.45) is 14.9. The number of aromatic amines is 2. The van der Waals surface area contributed by atoms with Crippen molar-refractivity contribution in [2.45, 2.75) is 25.8 Å². The minimum absolute atomic E-state index is 0.743. The Labute approximate surface area is 207 Å². The Morgan fingerprint density at radius 2 is 1.78 bits per heavy atom. The number of hydrogen-bond acceptors (Lipinski definition) is 6. The van der Waals surface area contributed by atoms with Crippen LogP contribution in [0.5, 0.6) is 0 Å². The highest BCUT2D eigenvalue weighted by Gasteiger charge is 2.16. The van der Waals surface area contributed by atoms with E-state index in [-0.39, 0.29) is 0 Å². The highest BCUT2D eigenvalue weighted by Crippen LogP contribution is 2.34. The molecular weight excluding hydrogens is 450 g/mol. The van der Waals surface area contributed by atoms with Gasteiger partial charge in [0, 0.05) is 58.8 Å². The van der Waals surface area contributed by atoms with Gasteiger partial charge in [-0.15, -0.1) is 0 Å². The van der Waals surface area contributed by atoms with Gasteiger partial charge in [0.05, 0.1) is 18.2 Å². The van der Waals surface area contributed by atoms with Crippen molar-refractivity contribution < 1.29 is 4.42 Å². The molecule has 0 bridgehead atoms. The van der Waals surface area contributed by atoms with Gasteiger partial charge in [-0.25, -0.2) is 9.97 Å². The van der Waals surface area contributed by atoms with Crippen LogP contribution in [0.25, 0.3) is 55.7 Å². The maximum absolute atomic E-state index is 5.30. The molecule has 1 saturated heterocycles. The molecule has 0 aliphatic carbocycles. The molecule has 7 rings (SSSR count). The summed E-state index contributed by atoms with van der Waals surface area (Å²) in [6.45, 7) is 3.27. The first kappa shape index (κ1) is 21.0. The van der Waals surface area contributed by atoms with Crippen molar-refractivity contribution in [3.8, 4) is 33.6 Å². The zero-order chi connectivity index (χ0) is 23.9. The van der Waals surface area contributed by atoms with Crippen molar-refractivity contribution in [2.24, 2.45) is 0 Å². The van der Waals surface area contributed by atoms with Gasteiger partial charge in [-0.05, 0) is 67.4 Å². The lowest BCUT2D eigenvalue weighted by Gasteiger charge is -2.26. The number of piperidine rings is 1. The third kappa shape index (κ3) is 3.76. The van der Waals surface area contributed by atoms with Crippen molar-refractivity contribution in [1.82, 2.24) is 35.0 Å². The van der Waals surface area contributed by atoms with Crippen molar-refractivity contribution in [1.29, 1.82) is 0 Å². The number of furan rings is 1. The van der Waals surface area contributed by atoms with E-state index in [1.807, 2.05) is 30.7 Å². The quantitative estimate of drug-likeness (QED) is 0.326. The monoisotopic (exact) mass is 475 g/mol. The number of nitrogens with one attached hydrogen (secondary N) is 2. The molecule has 7 heterocycles. The summed E-state index contributed by atoms with van der Waals surface area (Å²) in [7, 11) is 0. The van der Waals surface area contributed by atoms with Crippen LogP contribution in [0.1, 0.15) is 24.8 Å². The number of nitrogens with zero attached hydrogens (tertiary/aromatic N) is 5. The van der Waals surface area contributed by atoms with E-state index in [1.54, 1.807) is 18.7 Å². The Balaban J connectivity index is 1.26. The standard InChI is InChI=1S/C28H25N7O/c1-2-7-35(8-3-1)16-18-10-20(14-29-13-18)21-11-24-26(33-34-28(24)31-15-21)25-12-23-22(19-5-9-36-17-19)4-6-30-27(23)32-25/h4-6,9-15,17H,1-3,7-8,16H2,(H,30,32)(H,31,33,34). The third-order valence-corrected chi connectivity index (χ3v) is 7.02. The molecule has 178 valence electrons. The molecule has 6 aromatic heterocycles. The SMILES string of the molecule is c1cc(-c2ccoc2)c2cc(-c3n[nH]c4ncc(-c5cncc(CN6CCCCC6)c5)cc34)[nH]c2n1. The van der Waals surface area contributed by atoms with Crippen LogP contribution in [-0.4, -0.2) is 48.1 Å². The van der Waals surface area contributed by atoms with Gasteiger partial charge in [0.2, 0.25) is 0 Å². The molecule has 2 N–H and O–H groups in total. The van der Waals surface area contributed by atoms with Crippen LogP contribution in [-0.2, 0) is 6.54 Å². The summed E-state index contributed by atoms with van der Waals surface area (Å²) in [5.74, 6) is 0. The van der Waals surface area contributed by atoms with E-state index in [0.29, 0.717) is 0 Å². The van der Waals surface area contributed by atoms with Gasteiger partial charge < -0.3 is 9.40 Å². The van der Waals surface area contributed by atoms with E-state index in [0.717, 1.165) is 75.3 Å². The molecule has 0 amide bonds. The minimum Gasteiger partial charge on any atom is -0.472 e. The highest BCUT2D eigenvalue weighted by atomic mass is 16.3. The van der Waals surface area contributed by atoms with Gasteiger partial charge in [0.1, 0.15) is 11.3 Å². The van der Waals surface area contributed by atoms with Gasteiger partial charge in [-0.3, -0.25) is 15.0 Å². The summed E-state index contributed by atoms with van der Waals surface area (Å²) in [6, 6.07) is 10.4. The number of fused-ring (bicyclic) bond motifs is 2. The fourth-order valence-electron chi connectivity index (χ4n) is 5.20. The van der Waals surface area contributed by atoms with Crippen LogP contribution >= 0.6 is 0 Å². The minimum atomic E-state index is 0.743. The lowest BCUT2D eigenvalue weighted by atomic mass is 10.0. The van der Waals surface area contributed by atoms with Gasteiger partial charge in [-0.2, -0.15) is 5.10 Å². The third-order valence-electron chi connectivity index (χ3n) is 7.02. The lowest BCUT2D eigenvalue weighted by molar-refractivity contribution is 0.220. The number of rotatable bonds is 5. The fourth-order valence-corrected chi connectivity index (χ4v) is 5.20. The van der Waals surface area contributed by atoms with Crippen molar-refractivity contribution in [2.75, 3.05) is 13.1 Å². The first-order chi connectivity index (χ1) is 17.8. The van der Waals surface area contributed by atoms with Crippen molar-refractivity contribution in [3.63, 3.8) is 0 Å². The second-order valence-electron chi connectivity index (χ2n) is 9.43. The van der Waals surface area contributed by atoms with Crippen molar-refractivity contribution in [3.05, 3.63) is 73.2 Å². The van der Waals surface area contributed by atoms with Crippen LogP contribution in [0.15, 0.2) is 72.1 Å². The first-order valence-electron chi connectivity index (χ1n) is 12.3. The smallest absolute Gasteiger partial charge is 0.155 e. The predicted molar refractivity (Wildman–Crippen MR) is 139 cm³/mol. The summed E-state index contributed by atoms with van der Waals surface area (Å²) in [4.78, 5) is 19.7. The van der Waals surface area contributed by atoms with E-state index >= 15 is 0 Å². The van der Waals surface area contributed by atoms with E-state index in [2.05, 4.69) is 53.2 Å². The molecule has 0 aromatic carbocycles. The first-order valence-corrected chi connectivity index (χ1v) is 12.3. The van der Waals surface area contributed by atoms with E-state index in [4.69, 9.17) is 4.42 Å².